The topological polar surface area (TPSA) is 12.0 Å². The van der Waals surface area contributed by atoms with E-state index in [0.717, 1.165) is 18.5 Å². The van der Waals surface area contributed by atoms with Gasteiger partial charge in [0, 0.05) is 11.8 Å². The summed E-state index contributed by atoms with van der Waals surface area (Å²) >= 11 is 2.09. The molecule has 0 aromatic heterocycles. The minimum absolute atomic E-state index is 0.735. The first-order chi connectivity index (χ1) is 6.70. The Morgan fingerprint density at radius 3 is 2.36 bits per heavy atom. The second-order valence-corrected chi connectivity index (χ2v) is 5.45. The van der Waals surface area contributed by atoms with Crippen LogP contribution in [0, 0.1) is 5.92 Å². The third-order valence-electron chi connectivity index (χ3n) is 2.25. The van der Waals surface area contributed by atoms with E-state index >= 15 is 0 Å². The lowest BCUT2D eigenvalue weighted by Crippen LogP contribution is -2.31. The third kappa shape index (κ3) is 8.89. The summed E-state index contributed by atoms with van der Waals surface area (Å²) in [6, 6.07) is 0.735. The van der Waals surface area contributed by atoms with Crippen LogP contribution in [-0.4, -0.2) is 24.1 Å². The van der Waals surface area contributed by atoms with Gasteiger partial charge in [-0.1, -0.05) is 27.7 Å². The van der Waals surface area contributed by atoms with Gasteiger partial charge in [0.1, 0.15) is 0 Å². The highest BCUT2D eigenvalue weighted by molar-refractivity contribution is 7.99. The molecule has 0 saturated heterocycles. The molecule has 0 aliphatic carbocycles. The van der Waals surface area contributed by atoms with E-state index in [4.69, 9.17) is 0 Å². The van der Waals surface area contributed by atoms with Gasteiger partial charge in [-0.2, -0.15) is 11.8 Å². The van der Waals surface area contributed by atoms with Crippen LogP contribution in [0.1, 0.15) is 47.0 Å². The van der Waals surface area contributed by atoms with Crippen LogP contribution in [0.25, 0.3) is 0 Å². The highest BCUT2D eigenvalue weighted by atomic mass is 32.2. The van der Waals surface area contributed by atoms with Crippen LogP contribution >= 0.6 is 11.8 Å². The zero-order valence-electron chi connectivity index (χ0n) is 10.3. The molecule has 0 aliphatic rings. The molecule has 0 heterocycles. The Morgan fingerprint density at radius 1 is 1.14 bits per heavy atom. The van der Waals surface area contributed by atoms with Crippen LogP contribution < -0.4 is 5.32 Å². The smallest absolute Gasteiger partial charge is 0.0158 e. The summed E-state index contributed by atoms with van der Waals surface area (Å²) in [5.41, 5.74) is 0. The second-order valence-electron chi connectivity index (χ2n) is 4.30. The molecule has 1 N–H and O–H groups in total. The average Bonchev–Trinajstić information content (AvgIpc) is 2.14. The van der Waals surface area contributed by atoms with E-state index in [2.05, 4.69) is 44.8 Å². The molecule has 2 heteroatoms. The Balaban J connectivity index is 3.54. The maximum Gasteiger partial charge on any atom is 0.0158 e. The highest BCUT2D eigenvalue weighted by Gasteiger charge is 2.07. The maximum absolute atomic E-state index is 3.58. The monoisotopic (exact) mass is 217 g/mol. The first kappa shape index (κ1) is 14.3. The molecule has 0 radical (unpaired) electrons. The van der Waals surface area contributed by atoms with Crippen molar-refractivity contribution >= 4 is 11.8 Å². The quantitative estimate of drug-likeness (QED) is 0.593. The van der Waals surface area contributed by atoms with Crippen molar-refractivity contribution in [1.29, 1.82) is 0 Å². The molecule has 0 aliphatic heterocycles. The van der Waals surface area contributed by atoms with Crippen molar-refractivity contribution in [2.75, 3.05) is 18.1 Å². The Bertz CT molecular complexity index is 115. The number of rotatable bonds is 9. The van der Waals surface area contributed by atoms with Crippen LogP contribution in [0.2, 0.25) is 0 Å². The Kier molecular flexibility index (Phi) is 10.1. The van der Waals surface area contributed by atoms with Gasteiger partial charge < -0.3 is 5.32 Å². The Hall–Kier alpha value is 0.310. The van der Waals surface area contributed by atoms with Crippen LogP contribution in [0.15, 0.2) is 0 Å². The summed E-state index contributed by atoms with van der Waals surface area (Å²) in [6.45, 7) is 10.2. The van der Waals surface area contributed by atoms with E-state index in [1.165, 1.54) is 30.8 Å². The summed E-state index contributed by atoms with van der Waals surface area (Å²) in [4.78, 5) is 0. The van der Waals surface area contributed by atoms with Gasteiger partial charge in [0.2, 0.25) is 0 Å². The molecule has 0 spiro atoms. The van der Waals surface area contributed by atoms with Gasteiger partial charge in [-0.25, -0.2) is 0 Å². The van der Waals surface area contributed by atoms with E-state index in [1.54, 1.807) is 0 Å². The molecule has 1 nitrogen and oxygen atoms in total. The normalized spacial score (nSPS) is 13.5. The zero-order valence-corrected chi connectivity index (χ0v) is 11.1. The lowest BCUT2D eigenvalue weighted by molar-refractivity contribution is 0.464. The van der Waals surface area contributed by atoms with Crippen LogP contribution in [0.5, 0.6) is 0 Å². The van der Waals surface area contributed by atoms with Gasteiger partial charge in [0.25, 0.3) is 0 Å². The van der Waals surface area contributed by atoms with Gasteiger partial charge >= 0.3 is 0 Å². The molecule has 0 amide bonds. The fourth-order valence-electron chi connectivity index (χ4n) is 1.44. The second kappa shape index (κ2) is 9.85. The molecule has 0 rings (SSSR count). The van der Waals surface area contributed by atoms with E-state index in [0.29, 0.717) is 0 Å². The summed E-state index contributed by atoms with van der Waals surface area (Å²) in [7, 11) is 0. The molecular formula is C12H27NS. The van der Waals surface area contributed by atoms with E-state index in [9.17, 15) is 0 Å². The van der Waals surface area contributed by atoms with Gasteiger partial charge in [0.05, 0.1) is 0 Å². The molecule has 0 aromatic carbocycles. The molecule has 86 valence electrons. The van der Waals surface area contributed by atoms with Crippen molar-refractivity contribution in [2.24, 2.45) is 5.92 Å². The van der Waals surface area contributed by atoms with Gasteiger partial charge in [0.15, 0.2) is 0 Å². The van der Waals surface area contributed by atoms with Crippen LogP contribution in [0.3, 0.4) is 0 Å². The van der Waals surface area contributed by atoms with E-state index in [-0.39, 0.29) is 0 Å². The standard InChI is InChI=1S/C12H27NS/c1-5-9-14-10-12(13-6-2)8-7-11(3)4/h11-13H,5-10H2,1-4H3. The summed E-state index contributed by atoms with van der Waals surface area (Å²) in [5, 5.41) is 3.58. The first-order valence-corrected chi connectivity index (χ1v) is 7.17. The van der Waals surface area contributed by atoms with Crippen LogP contribution in [0.4, 0.5) is 0 Å². The van der Waals surface area contributed by atoms with Crippen molar-refractivity contribution in [3.05, 3.63) is 0 Å². The van der Waals surface area contributed by atoms with Crippen molar-refractivity contribution in [3.63, 3.8) is 0 Å². The minimum atomic E-state index is 0.735. The summed E-state index contributed by atoms with van der Waals surface area (Å²) in [5.74, 6) is 3.44. The van der Waals surface area contributed by atoms with Crippen molar-refractivity contribution in [3.8, 4) is 0 Å². The minimum Gasteiger partial charge on any atom is -0.313 e. The molecular weight excluding hydrogens is 190 g/mol. The summed E-state index contributed by atoms with van der Waals surface area (Å²) < 4.78 is 0. The maximum atomic E-state index is 3.58. The third-order valence-corrected chi connectivity index (χ3v) is 3.59. The molecule has 1 atom stereocenters. The predicted molar refractivity (Wildman–Crippen MR) is 69.2 cm³/mol. The fourth-order valence-corrected chi connectivity index (χ4v) is 2.46. The molecule has 0 aromatic rings. The van der Waals surface area contributed by atoms with Crippen molar-refractivity contribution in [2.45, 2.75) is 53.0 Å². The van der Waals surface area contributed by atoms with Crippen LogP contribution in [-0.2, 0) is 0 Å². The van der Waals surface area contributed by atoms with Crippen molar-refractivity contribution in [1.82, 2.24) is 5.32 Å². The Labute approximate surface area is 94.4 Å². The highest BCUT2D eigenvalue weighted by Crippen LogP contribution is 2.12. The van der Waals surface area contributed by atoms with Gasteiger partial charge in [-0.15, -0.1) is 0 Å². The number of thioether (sulfide) groups is 1. The predicted octanol–water partition coefficient (Wildman–Crippen LogP) is 3.54. The van der Waals surface area contributed by atoms with Crippen molar-refractivity contribution < 1.29 is 0 Å². The first-order valence-electron chi connectivity index (χ1n) is 6.01. The van der Waals surface area contributed by atoms with E-state index < -0.39 is 0 Å². The number of hydrogen-bond donors (Lipinski definition) is 1. The fraction of sp³-hybridized carbons (Fsp3) is 1.00. The molecule has 14 heavy (non-hydrogen) atoms. The lowest BCUT2D eigenvalue weighted by atomic mass is 10.0. The lowest BCUT2D eigenvalue weighted by Gasteiger charge is -2.18. The average molecular weight is 217 g/mol. The SMILES string of the molecule is CCCSCC(CCC(C)C)NCC. The summed E-state index contributed by atoms with van der Waals surface area (Å²) in [6.07, 6.45) is 3.99. The molecule has 0 saturated carbocycles. The number of hydrogen-bond acceptors (Lipinski definition) is 2. The Morgan fingerprint density at radius 2 is 1.86 bits per heavy atom. The van der Waals surface area contributed by atoms with Gasteiger partial charge in [-0.3, -0.25) is 0 Å². The van der Waals surface area contributed by atoms with Gasteiger partial charge in [-0.05, 0) is 37.5 Å². The largest absolute Gasteiger partial charge is 0.313 e. The molecule has 0 bridgehead atoms. The number of nitrogens with one attached hydrogen (secondary N) is 1. The zero-order chi connectivity index (χ0) is 10.8. The molecule has 1 unspecified atom stereocenters. The van der Waals surface area contributed by atoms with E-state index in [1.807, 2.05) is 0 Å². The molecule has 0 fully saturated rings.